The highest BCUT2D eigenvalue weighted by Gasteiger charge is 2.17. The van der Waals surface area contributed by atoms with Crippen molar-refractivity contribution in [3.63, 3.8) is 0 Å². The number of carboxylic acid groups (broad SMARTS) is 1. The second-order valence-corrected chi connectivity index (χ2v) is 2.42. The molecule has 0 rings (SSSR count). The van der Waals surface area contributed by atoms with Crippen molar-refractivity contribution in [2.24, 2.45) is 5.92 Å². The Hall–Kier alpha value is -1.19. The molecule has 1 atom stereocenters. The Bertz CT molecular complexity index is 195. The van der Waals surface area contributed by atoms with Crippen LogP contribution in [-0.4, -0.2) is 22.6 Å². The fraction of sp³-hybridized carbons (Fsp3) is 0.571. The van der Waals surface area contributed by atoms with Crippen LogP contribution in [0.3, 0.4) is 0 Å². The van der Waals surface area contributed by atoms with Gasteiger partial charge in [-0.1, -0.05) is 6.92 Å². The van der Waals surface area contributed by atoms with Crippen LogP contribution in [0.15, 0.2) is 0 Å². The summed E-state index contributed by atoms with van der Waals surface area (Å²) in [4.78, 5) is 31.2. The lowest BCUT2D eigenvalue weighted by Crippen LogP contribution is -2.18. The predicted octanol–water partition coefficient (Wildman–Crippen LogP) is 0.255. The molecule has 0 aromatic heterocycles. The maximum Gasteiger partial charge on any atom is 0.306 e. The topological polar surface area (TPSA) is 71.4 Å². The Balaban J connectivity index is 3.95. The van der Waals surface area contributed by atoms with Crippen LogP contribution in [0.2, 0.25) is 0 Å². The molecule has 0 saturated carbocycles. The molecule has 4 heteroatoms. The second-order valence-electron chi connectivity index (χ2n) is 2.42. The SMILES string of the molecule is CC(=O)C(=O)CC(C)C(=O)O. The fourth-order valence-electron chi connectivity index (χ4n) is 0.509. The predicted molar refractivity (Wildman–Crippen MR) is 37.1 cm³/mol. The maximum absolute atomic E-state index is 10.6. The van der Waals surface area contributed by atoms with Gasteiger partial charge in [0.2, 0.25) is 0 Å². The lowest BCUT2D eigenvalue weighted by Gasteiger charge is -2.01. The summed E-state index contributed by atoms with van der Waals surface area (Å²) in [6.45, 7) is 2.53. The lowest BCUT2D eigenvalue weighted by molar-refractivity contribution is -0.144. The van der Waals surface area contributed by atoms with Gasteiger partial charge < -0.3 is 5.11 Å². The van der Waals surface area contributed by atoms with Crippen molar-refractivity contribution in [1.82, 2.24) is 0 Å². The number of ketones is 2. The molecule has 0 aliphatic rings. The summed E-state index contributed by atoms with van der Waals surface area (Å²) >= 11 is 0. The monoisotopic (exact) mass is 158 g/mol. The van der Waals surface area contributed by atoms with Gasteiger partial charge in [0.15, 0.2) is 11.6 Å². The van der Waals surface area contributed by atoms with Gasteiger partial charge in [0.25, 0.3) is 0 Å². The maximum atomic E-state index is 10.6. The zero-order valence-corrected chi connectivity index (χ0v) is 6.46. The molecule has 1 N–H and O–H groups in total. The molecule has 11 heavy (non-hydrogen) atoms. The Morgan fingerprint density at radius 1 is 1.36 bits per heavy atom. The van der Waals surface area contributed by atoms with Gasteiger partial charge in [0, 0.05) is 13.3 Å². The number of carboxylic acids is 1. The molecule has 0 heterocycles. The molecule has 1 unspecified atom stereocenters. The third-order valence-corrected chi connectivity index (χ3v) is 1.31. The number of hydrogen-bond acceptors (Lipinski definition) is 3. The minimum Gasteiger partial charge on any atom is -0.481 e. The van der Waals surface area contributed by atoms with Crippen molar-refractivity contribution in [1.29, 1.82) is 0 Å². The second kappa shape index (κ2) is 3.85. The van der Waals surface area contributed by atoms with Crippen LogP contribution in [0, 0.1) is 5.92 Å². The van der Waals surface area contributed by atoms with Crippen LogP contribution < -0.4 is 0 Å². The van der Waals surface area contributed by atoms with Crippen molar-refractivity contribution in [3.05, 3.63) is 0 Å². The lowest BCUT2D eigenvalue weighted by atomic mass is 10.0. The summed E-state index contributed by atoms with van der Waals surface area (Å²) in [7, 11) is 0. The summed E-state index contributed by atoms with van der Waals surface area (Å²) in [6, 6.07) is 0. The summed E-state index contributed by atoms with van der Waals surface area (Å²) in [5.41, 5.74) is 0. The van der Waals surface area contributed by atoms with Gasteiger partial charge in [0.05, 0.1) is 5.92 Å². The van der Waals surface area contributed by atoms with Crippen molar-refractivity contribution in [2.75, 3.05) is 0 Å². The minimum absolute atomic E-state index is 0.204. The van der Waals surface area contributed by atoms with Crippen molar-refractivity contribution in [3.8, 4) is 0 Å². The van der Waals surface area contributed by atoms with Crippen LogP contribution in [0.1, 0.15) is 20.3 Å². The molecule has 62 valence electrons. The quantitative estimate of drug-likeness (QED) is 0.595. The fourth-order valence-corrected chi connectivity index (χ4v) is 0.509. The smallest absolute Gasteiger partial charge is 0.306 e. The standard InChI is InChI=1S/C7H10O4/c1-4(7(10)11)3-6(9)5(2)8/h4H,3H2,1-2H3,(H,10,11). The van der Waals surface area contributed by atoms with E-state index in [4.69, 9.17) is 5.11 Å². The Morgan fingerprint density at radius 2 is 1.82 bits per heavy atom. The van der Waals surface area contributed by atoms with E-state index in [0.29, 0.717) is 0 Å². The van der Waals surface area contributed by atoms with Crippen LogP contribution in [0.25, 0.3) is 0 Å². The Kier molecular flexibility index (Phi) is 3.44. The van der Waals surface area contributed by atoms with Gasteiger partial charge in [-0.3, -0.25) is 14.4 Å². The van der Waals surface area contributed by atoms with E-state index in [-0.39, 0.29) is 6.42 Å². The number of hydrogen-bond donors (Lipinski definition) is 1. The molecule has 0 amide bonds. The minimum atomic E-state index is -1.06. The van der Waals surface area contributed by atoms with Gasteiger partial charge in [-0.15, -0.1) is 0 Å². The van der Waals surface area contributed by atoms with Gasteiger partial charge in [-0.25, -0.2) is 0 Å². The largest absolute Gasteiger partial charge is 0.481 e. The summed E-state index contributed by atoms with van der Waals surface area (Å²) in [6.07, 6.45) is -0.204. The molecule has 0 aliphatic heterocycles. The first-order chi connectivity index (χ1) is 4.95. The summed E-state index contributed by atoms with van der Waals surface area (Å²) < 4.78 is 0. The van der Waals surface area contributed by atoms with Crippen molar-refractivity contribution >= 4 is 17.5 Å². The molecule has 0 fully saturated rings. The zero-order valence-electron chi connectivity index (χ0n) is 6.46. The third kappa shape index (κ3) is 3.50. The molecule has 0 aliphatic carbocycles. The Morgan fingerprint density at radius 3 is 2.09 bits per heavy atom. The van der Waals surface area contributed by atoms with Gasteiger partial charge >= 0.3 is 5.97 Å². The molecule has 0 saturated heterocycles. The number of carbonyl (C=O) groups is 3. The molecular weight excluding hydrogens is 148 g/mol. The zero-order chi connectivity index (χ0) is 9.02. The van der Waals surface area contributed by atoms with E-state index in [9.17, 15) is 14.4 Å². The van der Waals surface area contributed by atoms with Crippen LogP contribution in [0.5, 0.6) is 0 Å². The van der Waals surface area contributed by atoms with Crippen molar-refractivity contribution < 1.29 is 19.5 Å². The van der Waals surface area contributed by atoms with Crippen LogP contribution in [0.4, 0.5) is 0 Å². The highest BCUT2D eigenvalue weighted by Crippen LogP contribution is 2.02. The van der Waals surface area contributed by atoms with E-state index in [1.807, 2.05) is 0 Å². The molecule has 0 aromatic carbocycles. The van der Waals surface area contributed by atoms with Gasteiger partial charge in [-0.05, 0) is 0 Å². The molecule has 0 aromatic rings. The normalized spacial score (nSPS) is 12.2. The van der Waals surface area contributed by atoms with E-state index >= 15 is 0 Å². The number of Topliss-reactive ketones (excluding diaryl/α,β-unsaturated/α-hetero) is 2. The van der Waals surface area contributed by atoms with Crippen molar-refractivity contribution in [2.45, 2.75) is 20.3 Å². The number of aliphatic carboxylic acids is 1. The van der Waals surface area contributed by atoms with Crippen LogP contribution >= 0.6 is 0 Å². The highest BCUT2D eigenvalue weighted by atomic mass is 16.4. The van der Waals surface area contributed by atoms with E-state index in [1.54, 1.807) is 0 Å². The van der Waals surface area contributed by atoms with Gasteiger partial charge in [-0.2, -0.15) is 0 Å². The molecule has 4 nitrogen and oxygen atoms in total. The van der Waals surface area contributed by atoms with E-state index < -0.39 is 23.5 Å². The summed E-state index contributed by atoms with van der Waals surface area (Å²) in [5.74, 6) is -3.04. The number of rotatable bonds is 4. The Labute approximate surface area is 64.2 Å². The van der Waals surface area contributed by atoms with E-state index in [0.717, 1.165) is 6.92 Å². The average molecular weight is 158 g/mol. The third-order valence-electron chi connectivity index (χ3n) is 1.31. The molecule has 0 spiro atoms. The molecule has 0 radical (unpaired) electrons. The first-order valence-corrected chi connectivity index (χ1v) is 3.21. The summed E-state index contributed by atoms with van der Waals surface area (Å²) in [5, 5.41) is 8.35. The molecular formula is C7H10O4. The van der Waals surface area contributed by atoms with E-state index in [1.165, 1.54) is 6.92 Å². The first kappa shape index (κ1) is 9.81. The first-order valence-electron chi connectivity index (χ1n) is 3.21. The van der Waals surface area contributed by atoms with Gasteiger partial charge in [0.1, 0.15) is 0 Å². The van der Waals surface area contributed by atoms with Crippen LogP contribution in [-0.2, 0) is 14.4 Å². The average Bonchev–Trinajstić information content (AvgIpc) is 1.87. The number of carbonyl (C=O) groups excluding carboxylic acids is 2. The highest BCUT2D eigenvalue weighted by molar-refractivity contribution is 6.36. The molecule has 0 bridgehead atoms. The van der Waals surface area contributed by atoms with E-state index in [2.05, 4.69) is 0 Å².